The topological polar surface area (TPSA) is 26.3 Å². The van der Waals surface area contributed by atoms with Crippen molar-refractivity contribution in [2.45, 2.75) is 6.92 Å². The number of carbonyl (C=O) groups is 1. The van der Waals surface area contributed by atoms with Crippen LogP contribution in [0.25, 0.3) is 10.8 Å². The Bertz CT molecular complexity index is 561. The average Bonchev–Trinajstić information content (AvgIpc) is 2.26. The van der Waals surface area contributed by atoms with Crippen LogP contribution in [0.5, 0.6) is 5.75 Å². The lowest BCUT2D eigenvalue weighted by Gasteiger charge is -2.09. The predicted octanol–water partition coefficient (Wildman–Crippen LogP) is 3.81. The van der Waals surface area contributed by atoms with Crippen molar-refractivity contribution in [3.8, 4) is 5.75 Å². The fourth-order valence-corrected chi connectivity index (χ4v) is 2.19. The van der Waals surface area contributed by atoms with Crippen LogP contribution in [0.1, 0.15) is 17.3 Å². The summed E-state index contributed by atoms with van der Waals surface area (Å²) in [6.45, 7) is 1.55. The lowest BCUT2D eigenvalue weighted by Crippen LogP contribution is -1.98. The first-order chi connectivity index (χ1) is 7.63. The maximum atomic E-state index is 11.6. The zero-order chi connectivity index (χ0) is 11.7. The monoisotopic (exact) mass is 278 g/mol. The molecule has 0 radical (unpaired) electrons. The summed E-state index contributed by atoms with van der Waals surface area (Å²) in [5.41, 5.74) is 0.646. The fraction of sp³-hybridized carbons (Fsp3) is 0.154. The molecule has 2 aromatic rings. The van der Waals surface area contributed by atoms with Gasteiger partial charge in [-0.3, -0.25) is 4.79 Å². The van der Waals surface area contributed by atoms with Gasteiger partial charge in [0.25, 0.3) is 0 Å². The van der Waals surface area contributed by atoms with Crippen molar-refractivity contribution in [1.29, 1.82) is 0 Å². The molecule has 0 heterocycles. The summed E-state index contributed by atoms with van der Waals surface area (Å²) in [6, 6.07) is 9.62. The van der Waals surface area contributed by atoms with Gasteiger partial charge in [-0.05, 0) is 35.9 Å². The molecule has 2 nitrogen and oxygen atoms in total. The van der Waals surface area contributed by atoms with Crippen molar-refractivity contribution in [2.24, 2.45) is 0 Å². The number of carbonyl (C=O) groups excluding carboxylic acids is 1. The van der Waals surface area contributed by atoms with E-state index >= 15 is 0 Å². The van der Waals surface area contributed by atoms with Gasteiger partial charge in [0.1, 0.15) is 5.75 Å². The number of methoxy groups -OCH3 is 1. The third-order valence-electron chi connectivity index (χ3n) is 2.52. The van der Waals surface area contributed by atoms with Crippen molar-refractivity contribution in [3.05, 3.63) is 40.4 Å². The summed E-state index contributed by atoms with van der Waals surface area (Å²) in [7, 11) is 1.58. The fourth-order valence-electron chi connectivity index (χ4n) is 1.81. The van der Waals surface area contributed by atoms with Gasteiger partial charge in [-0.2, -0.15) is 0 Å². The summed E-state index contributed by atoms with van der Waals surface area (Å²) in [4.78, 5) is 11.6. The normalized spacial score (nSPS) is 10.4. The largest absolute Gasteiger partial charge is 0.496 e. The van der Waals surface area contributed by atoms with E-state index in [-0.39, 0.29) is 5.78 Å². The number of halogens is 1. The first-order valence-electron chi connectivity index (χ1n) is 4.90. The minimum Gasteiger partial charge on any atom is -0.496 e. The van der Waals surface area contributed by atoms with Crippen LogP contribution < -0.4 is 4.74 Å². The molecule has 0 bridgehead atoms. The van der Waals surface area contributed by atoms with Gasteiger partial charge in [-0.25, -0.2) is 0 Å². The van der Waals surface area contributed by atoms with E-state index in [1.165, 1.54) is 0 Å². The molecule has 0 fully saturated rings. The van der Waals surface area contributed by atoms with Gasteiger partial charge in [-0.1, -0.05) is 28.1 Å². The summed E-state index contributed by atoms with van der Waals surface area (Å²) in [6.07, 6.45) is 0. The minimum absolute atomic E-state index is 0.0183. The van der Waals surface area contributed by atoms with E-state index < -0.39 is 0 Å². The maximum absolute atomic E-state index is 11.6. The van der Waals surface area contributed by atoms with E-state index in [9.17, 15) is 4.79 Å². The Morgan fingerprint density at radius 1 is 1.25 bits per heavy atom. The molecule has 0 saturated heterocycles. The molecule has 16 heavy (non-hydrogen) atoms. The smallest absolute Gasteiger partial charge is 0.164 e. The zero-order valence-corrected chi connectivity index (χ0v) is 10.7. The number of hydrogen-bond donors (Lipinski definition) is 0. The molecule has 0 amide bonds. The van der Waals surface area contributed by atoms with Crippen molar-refractivity contribution in [1.82, 2.24) is 0 Å². The van der Waals surface area contributed by atoms with Gasteiger partial charge < -0.3 is 4.74 Å². The summed E-state index contributed by atoms with van der Waals surface area (Å²) < 4.78 is 6.21. The highest BCUT2D eigenvalue weighted by molar-refractivity contribution is 9.10. The molecule has 0 saturated carbocycles. The Balaban J connectivity index is 2.84. The number of hydrogen-bond acceptors (Lipinski definition) is 2. The lowest BCUT2D eigenvalue weighted by molar-refractivity contribution is 0.101. The van der Waals surface area contributed by atoms with Crippen LogP contribution >= 0.6 is 15.9 Å². The molecule has 2 rings (SSSR count). The molecule has 0 aromatic heterocycles. The maximum Gasteiger partial charge on any atom is 0.164 e. The quantitative estimate of drug-likeness (QED) is 0.781. The number of ketones is 1. The van der Waals surface area contributed by atoms with Crippen molar-refractivity contribution in [3.63, 3.8) is 0 Å². The SMILES string of the molecule is COc1ccc2cc(Br)ccc2c1C(C)=O. The van der Waals surface area contributed by atoms with E-state index in [4.69, 9.17) is 4.74 Å². The first-order valence-corrected chi connectivity index (χ1v) is 5.70. The first kappa shape index (κ1) is 11.1. The van der Waals surface area contributed by atoms with Crippen LogP contribution in [0.4, 0.5) is 0 Å². The van der Waals surface area contributed by atoms with Gasteiger partial charge in [0.15, 0.2) is 5.78 Å². The van der Waals surface area contributed by atoms with Crippen LogP contribution in [-0.2, 0) is 0 Å². The third-order valence-corrected chi connectivity index (χ3v) is 3.01. The molecule has 82 valence electrons. The van der Waals surface area contributed by atoms with E-state index in [1.807, 2.05) is 30.3 Å². The second-order valence-electron chi connectivity index (χ2n) is 3.56. The van der Waals surface area contributed by atoms with Crippen LogP contribution in [0.3, 0.4) is 0 Å². The molecule has 3 heteroatoms. The summed E-state index contributed by atoms with van der Waals surface area (Å²) in [5.74, 6) is 0.645. The molecular formula is C13H11BrO2. The van der Waals surface area contributed by atoms with Gasteiger partial charge in [-0.15, -0.1) is 0 Å². The number of ether oxygens (including phenoxy) is 1. The van der Waals surface area contributed by atoms with Gasteiger partial charge in [0.2, 0.25) is 0 Å². The summed E-state index contributed by atoms with van der Waals surface area (Å²) >= 11 is 3.41. The molecule has 0 N–H and O–H groups in total. The average molecular weight is 279 g/mol. The zero-order valence-electron chi connectivity index (χ0n) is 9.08. The molecule has 0 aliphatic rings. The molecular weight excluding hydrogens is 268 g/mol. The standard InChI is InChI=1S/C13H11BrO2/c1-8(15)13-11-5-4-10(14)7-9(11)3-6-12(13)16-2/h3-7H,1-2H3. The van der Waals surface area contributed by atoms with Crippen LogP contribution in [-0.4, -0.2) is 12.9 Å². The van der Waals surface area contributed by atoms with Gasteiger partial charge >= 0.3 is 0 Å². The Labute approximate surface area is 102 Å². The second kappa shape index (κ2) is 4.26. The number of benzene rings is 2. The lowest BCUT2D eigenvalue weighted by atomic mass is 10.0. The van der Waals surface area contributed by atoms with Gasteiger partial charge in [0, 0.05) is 4.47 Å². The molecule has 0 aliphatic carbocycles. The van der Waals surface area contributed by atoms with E-state index in [2.05, 4.69) is 15.9 Å². The number of Topliss-reactive ketones (excluding diaryl/α,β-unsaturated/α-hetero) is 1. The predicted molar refractivity (Wildman–Crippen MR) is 68.2 cm³/mol. The van der Waals surface area contributed by atoms with Gasteiger partial charge in [0.05, 0.1) is 12.7 Å². The highest BCUT2D eigenvalue weighted by atomic mass is 79.9. The molecule has 0 unspecified atom stereocenters. The number of rotatable bonds is 2. The molecule has 0 spiro atoms. The molecule has 0 aliphatic heterocycles. The Hall–Kier alpha value is -1.35. The van der Waals surface area contributed by atoms with Crippen molar-refractivity contribution in [2.75, 3.05) is 7.11 Å². The van der Waals surface area contributed by atoms with Crippen LogP contribution in [0.15, 0.2) is 34.8 Å². The number of fused-ring (bicyclic) bond motifs is 1. The van der Waals surface area contributed by atoms with E-state index in [1.54, 1.807) is 14.0 Å². The second-order valence-corrected chi connectivity index (χ2v) is 4.48. The highest BCUT2D eigenvalue weighted by Crippen LogP contribution is 2.30. The molecule has 0 atom stereocenters. The van der Waals surface area contributed by atoms with Crippen molar-refractivity contribution < 1.29 is 9.53 Å². The third kappa shape index (κ3) is 1.83. The Morgan fingerprint density at radius 2 is 2.00 bits per heavy atom. The Morgan fingerprint density at radius 3 is 2.62 bits per heavy atom. The van der Waals surface area contributed by atoms with Crippen LogP contribution in [0.2, 0.25) is 0 Å². The van der Waals surface area contributed by atoms with E-state index in [0.717, 1.165) is 15.2 Å². The van der Waals surface area contributed by atoms with Crippen LogP contribution in [0, 0.1) is 0 Å². The highest BCUT2D eigenvalue weighted by Gasteiger charge is 2.12. The minimum atomic E-state index is 0.0183. The van der Waals surface area contributed by atoms with E-state index in [0.29, 0.717) is 11.3 Å². The Kier molecular flexibility index (Phi) is 2.97. The molecule has 2 aromatic carbocycles. The van der Waals surface area contributed by atoms with Crippen molar-refractivity contribution >= 4 is 32.5 Å². The summed E-state index contributed by atoms with van der Waals surface area (Å²) in [5, 5.41) is 1.95.